The van der Waals surface area contributed by atoms with Gasteiger partial charge in [0.1, 0.15) is 0 Å². The fraction of sp³-hybridized carbons (Fsp3) is 0. The van der Waals surface area contributed by atoms with Crippen LogP contribution in [0.4, 0.5) is 5.69 Å². The van der Waals surface area contributed by atoms with Crippen molar-refractivity contribution < 1.29 is 13.2 Å². The van der Waals surface area contributed by atoms with Gasteiger partial charge in [-0.1, -0.05) is 0 Å². The first-order valence-electron chi connectivity index (χ1n) is 5.49. The Labute approximate surface area is 114 Å². The zero-order valence-electron chi connectivity index (χ0n) is 10.2. The number of amides is 1. The van der Waals surface area contributed by atoms with Crippen LogP contribution in [0.25, 0.3) is 0 Å². The molecule has 0 saturated carbocycles. The molecule has 0 atom stereocenters. The molecule has 4 N–H and O–H groups in total. The zero-order chi connectivity index (χ0) is 14.8. The van der Waals surface area contributed by atoms with Crippen molar-refractivity contribution in [3.63, 3.8) is 0 Å². The van der Waals surface area contributed by atoms with E-state index in [2.05, 4.69) is 10.3 Å². The second-order valence-corrected chi connectivity index (χ2v) is 5.53. The number of primary sulfonamides is 1. The first-order valence-corrected chi connectivity index (χ1v) is 7.04. The Hall–Kier alpha value is -2.45. The quantitative estimate of drug-likeness (QED) is 0.752. The number of hydrogen-bond acceptors (Lipinski definition) is 4. The van der Waals surface area contributed by atoms with Gasteiger partial charge in [0.05, 0.1) is 10.5 Å². The number of hydrogen-bond donors (Lipinski definition) is 3. The van der Waals surface area contributed by atoms with Crippen molar-refractivity contribution in [1.29, 1.82) is 0 Å². The lowest BCUT2D eigenvalue weighted by molar-refractivity contribution is 0.102. The lowest BCUT2D eigenvalue weighted by atomic mass is 10.2. The Bertz CT molecular complexity index is 774. The van der Waals surface area contributed by atoms with Crippen LogP contribution < -0.4 is 16.0 Å². The summed E-state index contributed by atoms with van der Waals surface area (Å²) in [7, 11) is -3.76. The van der Waals surface area contributed by atoms with E-state index in [9.17, 15) is 18.0 Å². The van der Waals surface area contributed by atoms with Crippen molar-refractivity contribution in [2.24, 2.45) is 5.14 Å². The Kier molecular flexibility index (Phi) is 3.68. The number of aromatic nitrogens is 1. The maximum Gasteiger partial charge on any atom is 0.257 e. The van der Waals surface area contributed by atoms with Gasteiger partial charge in [-0.25, -0.2) is 13.6 Å². The van der Waals surface area contributed by atoms with Crippen LogP contribution in [0.5, 0.6) is 0 Å². The van der Waals surface area contributed by atoms with Gasteiger partial charge in [0.25, 0.3) is 5.91 Å². The highest BCUT2D eigenvalue weighted by molar-refractivity contribution is 7.89. The first-order chi connectivity index (χ1) is 9.36. The number of H-pyrrole nitrogens is 1. The van der Waals surface area contributed by atoms with E-state index in [0.717, 1.165) is 0 Å². The second-order valence-electron chi connectivity index (χ2n) is 3.97. The Balaban J connectivity index is 2.16. The number of nitrogens with two attached hydrogens (primary N) is 1. The van der Waals surface area contributed by atoms with Crippen molar-refractivity contribution in [1.82, 2.24) is 4.98 Å². The summed E-state index contributed by atoms with van der Waals surface area (Å²) < 4.78 is 22.2. The van der Waals surface area contributed by atoms with Crippen LogP contribution in [0, 0.1) is 0 Å². The average molecular weight is 293 g/mol. The molecule has 0 unspecified atom stereocenters. The summed E-state index contributed by atoms with van der Waals surface area (Å²) >= 11 is 0. The molecule has 0 aliphatic heterocycles. The van der Waals surface area contributed by atoms with Gasteiger partial charge >= 0.3 is 0 Å². The van der Waals surface area contributed by atoms with Crippen molar-refractivity contribution in [2.45, 2.75) is 4.90 Å². The molecule has 20 heavy (non-hydrogen) atoms. The van der Waals surface area contributed by atoms with E-state index in [1.807, 2.05) is 0 Å². The maximum atomic E-state index is 11.8. The van der Waals surface area contributed by atoms with Crippen molar-refractivity contribution >= 4 is 21.6 Å². The number of anilines is 1. The smallest absolute Gasteiger partial charge is 0.257 e. The topological polar surface area (TPSA) is 122 Å². The molecule has 0 fully saturated rings. The number of carbonyl (C=O) groups excluding carboxylic acids is 1. The third kappa shape index (κ3) is 3.31. The summed E-state index contributed by atoms with van der Waals surface area (Å²) in [6, 6.07) is 8.04. The van der Waals surface area contributed by atoms with Gasteiger partial charge in [-0.2, -0.15) is 0 Å². The maximum absolute atomic E-state index is 11.8. The molecule has 0 radical (unpaired) electrons. The molecular formula is C12H11N3O4S. The van der Waals surface area contributed by atoms with E-state index in [1.165, 1.54) is 42.6 Å². The van der Waals surface area contributed by atoms with Gasteiger partial charge in [-0.3, -0.25) is 9.59 Å². The lowest BCUT2D eigenvalue weighted by Gasteiger charge is -2.05. The van der Waals surface area contributed by atoms with Gasteiger partial charge in [-0.05, 0) is 30.3 Å². The molecule has 0 bridgehead atoms. The molecular weight excluding hydrogens is 282 g/mol. The highest BCUT2D eigenvalue weighted by Gasteiger charge is 2.09. The van der Waals surface area contributed by atoms with Crippen LogP contribution in [0.3, 0.4) is 0 Å². The van der Waals surface area contributed by atoms with E-state index in [0.29, 0.717) is 5.69 Å². The van der Waals surface area contributed by atoms with Gasteiger partial charge in [-0.15, -0.1) is 0 Å². The summed E-state index contributed by atoms with van der Waals surface area (Å²) in [6.45, 7) is 0. The van der Waals surface area contributed by atoms with E-state index in [4.69, 9.17) is 5.14 Å². The number of carbonyl (C=O) groups is 1. The standard InChI is InChI=1S/C12H11N3O4S/c13-20(18,19)10-4-2-9(3-5-10)15-12(17)8-1-6-11(16)14-7-8/h1-7H,(H,14,16)(H,15,17)(H2,13,18,19). The normalized spacial score (nSPS) is 11.1. The predicted molar refractivity (Wildman–Crippen MR) is 72.8 cm³/mol. The van der Waals surface area contributed by atoms with Crippen LogP contribution in [-0.4, -0.2) is 19.3 Å². The molecule has 0 aliphatic rings. The van der Waals surface area contributed by atoms with Crippen molar-refractivity contribution in [3.05, 3.63) is 58.5 Å². The van der Waals surface area contributed by atoms with Gasteiger partial charge in [0.15, 0.2) is 0 Å². The van der Waals surface area contributed by atoms with E-state index >= 15 is 0 Å². The Morgan fingerprint density at radius 3 is 2.25 bits per heavy atom. The summed E-state index contributed by atoms with van der Waals surface area (Å²) in [5.41, 5.74) is 0.382. The molecule has 104 valence electrons. The van der Waals surface area contributed by atoms with Crippen molar-refractivity contribution in [2.75, 3.05) is 5.32 Å². The predicted octanol–water partition coefficient (Wildman–Crippen LogP) is 0.275. The molecule has 0 saturated heterocycles. The fourth-order valence-electron chi connectivity index (χ4n) is 1.48. The number of rotatable bonds is 3. The minimum absolute atomic E-state index is 0.0421. The van der Waals surface area contributed by atoms with Gasteiger partial charge in [0, 0.05) is 18.0 Å². The summed E-state index contributed by atoms with van der Waals surface area (Å²) in [6.07, 6.45) is 1.29. The molecule has 8 heteroatoms. The second kappa shape index (κ2) is 5.27. The van der Waals surface area contributed by atoms with Crippen molar-refractivity contribution in [3.8, 4) is 0 Å². The minimum Gasteiger partial charge on any atom is -0.328 e. The third-order valence-electron chi connectivity index (χ3n) is 2.49. The monoisotopic (exact) mass is 293 g/mol. The third-order valence-corrected chi connectivity index (χ3v) is 3.42. The Morgan fingerprint density at radius 2 is 1.75 bits per heavy atom. The van der Waals surface area contributed by atoms with E-state index in [-0.39, 0.29) is 16.0 Å². The molecule has 1 amide bonds. The van der Waals surface area contributed by atoms with Gasteiger partial charge in [0.2, 0.25) is 15.6 Å². The molecule has 1 heterocycles. The highest BCUT2D eigenvalue weighted by atomic mass is 32.2. The largest absolute Gasteiger partial charge is 0.328 e. The van der Waals surface area contributed by atoms with E-state index < -0.39 is 15.9 Å². The number of aromatic amines is 1. The number of pyridine rings is 1. The van der Waals surface area contributed by atoms with Gasteiger partial charge < -0.3 is 10.3 Å². The molecule has 0 spiro atoms. The minimum atomic E-state index is -3.76. The number of nitrogens with one attached hydrogen (secondary N) is 2. The first kappa shape index (κ1) is 14.0. The molecule has 7 nitrogen and oxygen atoms in total. The summed E-state index contributed by atoms with van der Waals surface area (Å²) in [5.74, 6) is -0.426. The zero-order valence-corrected chi connectivity index (χ0v) is 11.0. The van der Waals surface area contributed by atoms with Crippen LogP contribution in [-0.2, 0) is 10.0 Å². The SMILES string of the molecule is NS(=O)(=O)c1ccc(NC(=O)c2ccc(=O)[nH]c2)cc1. The molecule has 2 aromatic rings. The highest BCUT2D eigenvalue weighted by Crippen LogP contribution is 2.13. The Morgan fingerprint density at radius 1 is 1.10 bits per heavy atom. The molecule has 1 aromatic carbocycles. The van der Waals surface area contributed by atoms with Crippen LogP contribution in [0.1, 0.15) is 10.4 Å². The number of sulfonamides is 1. The lowest BCUT2D eigenvalue weighted by Crippen LogP contribution is -2.15. The molecule has 0 aliphatic carbocycles. The summed E-state index contributed by atoms with van der Waals surface area (Å²) in [4.78, 5) is 25.1. The molecule has 2 rings (SSSR count). The summed E-state index contributed by atoms with van der Waals surface area (Å²) in [5, 5.41) is 7.52. The van der Waals surface area contributed by atoms with Crippen LogP contribution in [0.15, 0.2) is 52.3 Å². The average Bonchev–Trinajstić information content (AvgIpc) is 2.39. The van der Waals surface area contributed by atoms with Crippen LogP contribution >= 0.6 is 0 Å². The van der Waals surface area contributed by atoms with E-state index in [1.54, 1.807) is 0 Å². The fourth-order valence-corrected chi connectivity index (χ4v) is 2.00. The number of benzene rings is 1. The molecule has 1 aromatic heterocycles. The van der Waals surface area contributed by atoms with Crippen LogP contribution in [0.2, 0.25) is 0 Å².